The molecule has 0 aliphatic rings. The van der Waals surface area contributed by atoms with E-state index in [4.69, 9.17) is 10.4 Å². The maximum Gasteiger partial charge on any atom is 0.307 e. The molecule has 1 aromatic carbocycles. The van der Waals surface area contributed by atoms with Crippen molar-refractivity contribution in [2.75, 3.05) is 0 Å². The molecule has 0 unspecified atom stereocenters. The first kappa shape index (κ1) is 12.0. The Morgan fingerprint density at radius 2 is 2.25 bits per heavy atom. The van der Waals surface area contributed by atoms with E-state index in [-0.39, 0.29) is 22.4 Å². The van der Waals surface area contributed by atoms with E-state index in [1.54, 1.807) is 6.07 Å². The van der Waals surface area contributed by atoms with E-state index in [9.17, 15) is 14.9 Å². The number of carboxylic acid groups (broad SMARTS) is 1. The summed E-state index contributed by atoms with van der Waals surface area (Å²) in [6.07, 6.45) is -0.370. The lowest BCUT2D eigenvalue weighted by atomic mass is 10.1. The van der Waals surface area contributed by atoms with Crippen molar-refractivity contribution in [1.29, 1.82) is 5.26 Å². The molecule has 0 amide bonds. The van der Waals surface area contributed by atoms with Crippen LogP contribution in [0.25, 0.3) is 0 Å². The predicted octanol–water partition coefficient (Wildman–Crippen LogP) is 1.38. The first-order valence-electron chi connectivity index (χ1n) is 4.08. The van der Waals surface area contributed by atoms with E-state index in [1.165, 1.54) is 12.1 Å². The van der Waals surface area contributed by atoms with Crippen molar-refractivity contribution >= 4 is 24.3 Å². The predicted molar refractivity (Wildman–Crippen MR) is 56.4 cm³/mol. The van der Waals surface area contributed by atoms with E-state index in [2.05, 4.69) is 12.6 Å². The van der Waals surface area contributed by atoms with E-state index in [0.29, 0.717) is 0 Å². The second-order valence-corrected chi connectivity index (χ2v) is 3.36. The van der Waals surface area contributed by atoms with Gasteiger partial charge >= 0.3 is 11.7 Å². The lowest BCUT2D eigenvalue weighted by Gasteiger charge is -2.04. The number of nitrogens with zero attached hydrogens (tertiary/aromatic N) is 2. The Morgan fingerprint density at radius 1 is 1.62 bits per heavy atom. The zero-order chi connectivity index (χ0) is 12.3. The summed E-state index contributed by atoms with van der Waals surface area (Å²) in [5.41, 5.74) is -0.379. The smallest absolute Gasteiger partial charge is 0.307 e. The highest BCUT2D eigenvalue weighted by atomic mass is 32.1. The monoisotopic (exact) mass is 238 g/mol. The molecule has 0 spiro atoms. The van der Waals surface area contributed by atoms with Crippen molar-refractivity contribution in [3.63, 3.8) is 0 Å². The van der Waals surface area contributed by atoms with Gasteiger partial charge in [0.2, 0.25) is 0 Å². The van der Waals surface area contributed by atoms with Crippen molar-refractivity contribution in [3.05, 3.63) is 33.4 Å². The molecular formula is C9H6N2O4S. The van der Waals surface area contributed by atoms with Crippen molar-refractivity contribution in [1.82, 2.24) is 0 Å². The van der Waals surface area contributed by atoms with Gasteiger partial charge in [0.05, 0.1) is 16.2 Å². The van der Waals surface area contributed by atoms with Crippen LogP contribution in [0.4, 0.5) is 5.69 Å². The molecule has 0 saturated carbocycles. The van der Waals surface area contributed by atoms with Crippen LogP contribution in [0.2, 0.25) is 0 Å². The SMILES string of the molecule is N#Cc1ccc(CC(=O)O)c(S)c1[N+](=O)[O-]. The summed E-state index contributed by atoms with van der Waals surface area (Å²) in [6, 6.07) is 4.23. The summed E-state index contributed by atoms with van der Waals surface area (Å²) in [4.78, 5) is 20.4. The van der Waals surface area contributed by atoms with E-state index in [1.807, 2.05) is 0 Å². The summed E-state index contributed by atoms with van der Waals surface area (Å²) in [6.45, 7) is 0. The highest BCUT2D eigenvalue weighted by molar-refractivity contribution is 7.80. The molecule has 0 aliphatic heterocycles. The van der Waals surface area contributed by atoms with Crippen molar-refractivity contribution in [2.45, 2.75) is 11.3 Å². The maximum absolute atomic E-state index is 10.7. The minimum Gasteiger partial charge on any atom is -0.481 e. The standard InChI is InChI=1S/C9H6N2O4S/c10-4-6-2-1-5(3-7(12)13)9(16)8(6)11(14)15/h1-2,16H,3H2,(H,12,13). The zero-order valence-electron chi connectivity index (χ0n) is 7.88. The average Bonchev–Trinajstić information content (AvgIpc) is 2.19. The van der Waals surface area contributed by atoms with Crippen molar-refractivity contribution in [2.24, 2.45) is 0 Å². The number of carboxylic acids is 1. The molecule has 1 aromatic rings. The molecule has 16 heavy (non-hydrogen) atoms. The minimum absolute atomic E-state index is 0.0774. The van der Waals surface area contributed by atoms with Crippen LogP contribution in [0, 0.1) is 21.4 Å². The first-order chi connectivity index (χ1) is 7.47. The van der Waals surface area contributed by atoms with Crippen LogP contribution in [0.15, 0.2) is 17.0 Å². The molecule has 6 nitrogen and oxygen atoms in total. The van der Waals surface area contributed by atoms with Crippen LogP contribution in [0.3, 0.4) is 0 Å². The fourth-order valence-corrected chi connectivity index (χ4v) is 1.56. The highest BCUT2D eigenvalue weighted by Gasteiger charge is 2.21. The largest absolute Gasteiger partial charge is 0.481 e. The maximum atomic E-state index is 10.7. The molecule has 0 aliphatic carbocycles. The van der Waals surface area contributed by atoms with Crippen LogP contribution in [-0.2, 0) is 11.2 Å². The number of hydrogen-bond donors (Lipinski definition) is 2. The van der Waals surface area contributed by atoms with Gasteiger partial charge in [-0.05, 0) is 11.6 Å². The van der Waals surface area contributed by atoms with Gasteiger partial charge in [-0.15, -0.1) is 12.6 Å². The number of nitriles is 1. The van der Waals surface area contributed by atoms with Crippen LogP contribution in [-0.4, -0.2) is 16.0 Å². The first-order valence-corrected chi connectivity index (χ1v) is 4.53. The summed E-state index contributed by atoms with van der Waals surface area (Å²) in [5, 5.41) is 27.9. The Bertz CT molecular complexity index is 507. The summed E-state index contributed by atoms with van der Waals surface area (Å²) in [5.74, 6) is -1.12. The second-order valence-electron chi connectivity index (χ2n) is 2.91. The average molecular weight is 238 g/mol. The number of carbonyl (C=O) groups is 1. The Labute approximate surface area is 95.7 Å². The van der Waals surface area contributed by atoms with Gasteiger partial charge in [-0.1, -0.05) is 6.07 Å². The highest BCUT2D eigenvalue weighted by Crippen LogP contribution is 2.30. The number of hydrogen-bond acceptors (Lipinski definition) is 5. The zero-order valence-corrected chi connectivity index (χ0v) is 8.77. The Hall–Kier alpha value is -2.07. The van der Waals surface area contributed by atoms with Gasteiger partial charge < -0.3 is 5.11 Å². The third-order valence-corrected chi connectivity index (χ3v) is 2.38. The fraction of sp³-hybridized carbons (Fsp3) is 0.111. The van der Waals surface area contributed by atoms with Crippen LogP contribution in [0.5, 0.6) is 0 Å². The molecule has 0 heterocycles. The van der Waals surface area contributed by atoms with E-state index >= 15 is 0 Å². The van der Waals surface area contributed by atoms with Crippen LogP contribution < -0.4 is 0 Å². The Morgan fingerprint density at radius 3 is 2.69 bits per heavy atom. The summed E-state index contributed by atoms with van der Waals surface area (Å²) in [7, 11) is 0. The molecule has 82 valence electrons. The molecule has 0 bridgehead atoms. The van der Waals surface area contributed by atoms with Gasteiger partial charge in [-0.2, -0.15) is 5.26 Å². The molecule has 1 rings (SSSR count). The van der Waals surface area contributed by atoms with Gasteiger partial charge in [0.25, 0.3) is 0 Å². The van der Waals surface area contributed by atoms with E-state index in [0.717, 1.165) is 0 Å². The molecular weight excluding hydrogens is 232 g/mol. The number of benzene rings is 1. The van der Waals surface area contributed by atoms with Gasteiger partial charge in [0, 0.05) is 0 Å². The van der Waals surface area contributed by atoms with Gasteiger partial charge in [0.15, 0.2) is 0 Å². The molecule has 0 radical (unpaired) electrons. The van der Waals surface area contributed by atoms with Crippen LogP contribution in [0.1, 0.15) is 11.1 Å². The van der Waals surface area contributed by atoms with Crippen molar-refractivity contribution < 1.29 is 14.8 Å². The summed E-state index contributed by atoms with van der Waals surface area (Å²) < 4.78 is 0. The normalized spacial score (nSPS) is 9.50. The van der Waals surface area contributed by atoms with Gasteiger partial charge in [-0.3, -0.25) is 14.9 Å². The minimum atomic E-state index is -1.12. The topological polar surface area (TPSA) is 104 Å². The molecule has 7 heteroatoms. The second kappa shape index (κ2) is 4.63. The van der Waals surface area contributed by atoms with E-state index < -0.39 is 16.6 Å². The lowest BCUT2D eigenvalue weighted by Crippen LogP contribution is -2.03. The number of nitro groups is 1. The lowest BCUT2D eigenvalue weighted by molar-refractivity contribution is -0.388. The molecule has 0 saturated heterocycles. The number of rotatable bonds is 3. The third-order valence-electron chi connectivity index (χ3n) is 1.88. The van der Waals surface area contributed by atoms with Crippen molar-refractivity contribution in [3.8, 4) is 6.07 Å². The van der Waals surface area contributed by atoms with Gasteiger partial charge in [0.1, 0.15) is 11.6 Å². The van der Waals surface area contributed by atoms with Gasteiger partial charge in [-0.25, -0.2) is 0 Å². The quantitative estimate of drug-likeness (QED) is 0.470. The van der Waals surface area contributed by atoms with Crippen LogP contribution >= 0.6 is 12.6 Å². The number of thiol groups is 1. The molecule has 1 N–H and O–H groups in total. The number of aliphatic carboxylic acids is 1. The fourth-order valence-electron chi connectivity index (χ4n) is 1.20. The number of nitro benzene ring substituents is 1. The third kappa shape index (κ3) is 2.29. The Kier molecular flexibility index (Phi) is 3.48. The molecule has 0 atom stereocenters. The molecule has 0 fully saturated rings. The summed E-state index contributed by atoms with van der Waals surface area (Å²) >= 11 is 3.89. The molecule has 0 aromatic heterocycles. The Balaban J connectivity index is 3.39.